The fraction of sp³-hybridized carbons (Fsp3) is 0. The lowest BCUT2D eigenvalue weighted by atomic mass is 10.0. The number of halogens is 2. The molecule has 0 aliphatic carbocycles. The molecule has 0 N–H and O–H groups in total. The van der Waals surface area contributed by atoms with Crippen molar-refractivity contribution in [2.75, 3.05) is 0 Å². The van der Waals surface area contributed by atoms with Crippen LogP contribution in [0.15, 0.2) is 91.0 Å². The van der Waals surface area contributed by atoms with E-state index in [9.17, 15) is 20.2 Å². The number of para-hydroxylation sites is 2. The Hall–Kier alpha value is -5.97. The van der Waals surface area contributed by atoms with Crippen molar-refractivity contribution in [3.8, 4) is 29.6 Å². The molecule has 7 aromatic rings. The molecule has 5 nitrogen and oxygen atoms in total. The van der Waals surface area contributed by atoms with E-state index in [1.807, 2.05) is 71.3 Å². The molecule has 2 aromatic heterocycles. The molecule has 0 aliphatic rings. The Morgan fingerprint density at radius 2 is 1.23 bits per heavy atom. The predicted molar refractivity (Wildman–Crippen MR) is 149 cm³/mol. The highest BCUT2D eigenvalue weighted by Crippen LogP contribution is 2.43. The van der Waals surface area contributed by atoms with E-state index in [0.717, 1.165) is 39.2 Å². The first-order chi connectivity index (χ1) is 19.5. The Morgan fingerprint density at radius 1 is 0.575 bits per heavy atom. The number of hydrogen-bond acceptors (Lipinski definition) is 3. The van der Waals surface area contributed by atoms with Gasteiger partial charge in [0.15, 0.2) is 0 Å². The summed E-state index contributed by atoms with van der Waals surface area (Å²) in [5.41, 5.74) is 3.76. The number of rotatable bonds is 2. The van der Waals surface area contributed by atoms with E-state index in [2.05, 4.69) is 12.1 Å². The van der Waals surface area contributed by atoms with Crippen molar-refractivity contribution in [3.05, 3.63) is 119 Å². The lowest BCUT2D eigenvalue weighted by molar-refractivity contribution is 0.595. The van der Waals surface area contributed by atoms with E-state index in [0.29, 0.717) is 22.2 Å². The topological polar surface area (TPSA) is 81.2 Å². The van der Waals surface area contributed by atoms with E-state index >= 15 is 4.39 Å². The third kappa shape index (κ3) is 3.08. The van der Waals surface area contributed by atoms with Gasteiger partial charge in [-0.05, 0) is 42.5 Å². The molecule has 5 aromatic carbocycles. The van der Waals surface area contributed by atoms with Gasteiger partial charge in [0.25, 0.3) is 0 Å². The highest BCUT2D eigenvalue weighted by Gasteiger charge is 2.24. The highest BCUT2D eigenvalue weighted by atomic mass is 19.1. The van der Waals surface area contributed by atoms with Crippen LogP contribution < -0.4 is 0 Å². The number of benzene rings is 5. The fourth-order valence-electron chi connectivity index (χ4n) is 5.77. The second-order valence-corrected chi connectivity index (χ2v) is 9.41. The quantitative estimate of drug-likeness (QED) is 0.234. The van der Waals surface area contributed by atoms with E-state index in [4.69, 9.17) is 0 Å². The first-order valence-electron chi connectivity index (χ1n) is 12.3. The van der Waals surface area contributed by atoms with Gasteiger partial charge in [0.2, 0.25) is 0 Å². The molecule has 0 bridgehead atoms. The van der Waals surface area contributed by atoms with Crippen LogP contribution in [0.3, 0.4) is 0 Å². The van der Waals surface area contributed by atoms with Crippen LogP contribution >= 0.6 is 0 Å². The molecule has 186 valence electrons. The van der Waals surface area contributed by atoms with Gasteiger partial charge in [0, 0.05) is 27.6 Å². The summed E-state index contributed by atoms with van der Waals surface area (Å²) in [5.74, 6) is -1.14. The van der Waals surface area contributed by atoms with Crippen molar-refractivity contribution in [2.45, 2.75) is 0 Å². The molecule has 0 saturated carbocycles. The zero-order valence-corrected chi connectivity index (χ0v) is 20.7. The maximum atomic E-state index is 15.4. The summed E-state index contributed by atoms with van der Waals surface area (Å²) >= 11 is 0. The standard InChI is InChI=1S/C33H15F2N5/c34-22-9-11-26(35)30(15-22)40-27-7-3-1-5-23(27)24-10-12-29-31(33(24)40)25-6-2-4-8-28(25)39(29)32-20(17-37)13-19(16-36)14-21(32)18-38/h1-15H. The van der Waals surface area contributed by atoms with Crippen molar-refractivity contribution in [3.63, 3.8) is 0 Å². The van der Waals surface area contributed by atoms with Crippen LogP contribution in [0.1, 0.15) is 16.7 Å². The largest absolute Gasteiger partial charge is 0.307 e. The van der Waals surface area contributed by atoms with Gasteiger partial charge in [-0.25, -0.2) is 8.78 Å². The predicted octanol–water partition coefficient (Wildman–Crippen LogP) is 7.77. The lowest BCUT2D eigenvalue weighted by Crippen LogP contribution is -2.02. The van der Waals surface area contributed by atoms with Gasteiger partial charge in [-0.15, -0.1) is 0 Å². The molecule has 0 radical (unpaired) electrons. The van der Waals surface area contributed by atoms with Crippen LogP contribution in [0.5, 0.6) is 0 Å². The van der Waals surface area contributed by atoms with Gasteiger partial charge < -0.3 is 9.13 Å². The minimum Gasteiger partial charge on any atom is -0.307 e. The summed E-state index contributed by atoms with van der Waals surface area (Å²) in [6.07, 6.45) is 0. The smallest absolute Gasteiger partial charge is 0.147 e. The molecular formula is C33H15F2N5. The van der Waals surface area contributed by atoms with E-state index in [1.54, 1.807) is 4.57 Å². The Balaban J connectivity index is 1.76. The summed E-state index contributed by atoms with van der Waals surface area (Å²) in [5, 5.41) is 32.9. The molecule has 40 heavy (non-hydrogen) atoms. The summed E-state index contributed by atoms with van der Waals surface area (Å²) in [6.45, 7) is 0. The van der Waals surface area contributed by atoms with Crippen LogP contribution in [-0.2, 0) is 0 Å². The van der Waals surface area contributed by atoms with Gasteiger partial charge in [-0.3, -0.25) is 0 Å². The van der Waals surface area contributed by atoms with Crippen LogP contribution in [0, 0.1) is 45.6 Å². The van der Waals surface area contributed by atoms with E-state index in [-0.39, 0.29) is 22.4 Å². The average molecular weight is 520 g/mol. The minimum absolute atomic E-state index is 0.0735. The normalized spacial score (nSPS) is 11.2. The molecule has 0 spiro atoms. The molecular weight excluding hydrogens is 504 g/mol. The second kappa shape index (κ2) is 8.53. The monoisotopic (exact) mass is 519 g/mol. The van der Waals surface area contributed by atoms with E-state index < -0.39 is 11.6 Å². The number of nitriles is 3. The lowest BCUT2D eigenvalue weighted by Gasteiger charge is -2.13. The van der Waals surface area contributed by atoms with Crippen molar-refractivity contribution in [1.29, 1.82) is 15.8 Å². The molecule has 0 unspecified atom stereocenters. The Labute approximate surface area is 226 Å². The van der Waals surface area contributed by atoms with Crippen molar-refractivity contribution >= 4 is 43.6 Å². The van der Waals surface area contributed by atoms with Crippen LogP contribution in [0.2, 0.25) is 0 Å². The van der Waals surface area contributed by atoms with Crippen molar-refractivity contribution < 1.29 is 8.78 Å². The molecule has 7 rings (SSSR count). The van der Waals surface area contributed by atoms with Gasteiger partial charge >= 0.3 is 0 Å². The third-order valence-corrected chi connectivity index (χ3v) is 7.32. The minimum atomic E-state index is -0.574. The van der Waals surface area contributed by atoms with Crippen molar-refractivity contribution in [1.82, 2.24) is 9.13 Å². The molecule has 0 amide bonds. The average Bonchev–Trinajstić information content (AvgIpc) is 3.50. The van der Waals surface area contributed by atoms with Crippen LogP contribution in [-0.4, -0.2) is 9.13 Å². The number of aromatic nitrogens is 2. The maximum absolute atomic E-state index is 15.4. The molecule has 0 aliphatic heterocycles. The molecule has 0 fully saturated rings. The summed E-state index contributed by atoms with van der Waals surface area (Å²) in [7, 11) is 0. The van der Waals surface area contributed by atoms with Gasteiger partial charge in [0.05, 0.1) is 56.2 Å². The zero-order valence-electron chi connectivity index (χ0n) is 20.7. The summed E-state index contributed by atoms with van der Waals surface area (Å²) < 4.78 is 33.4. The molecule has 2 heterocycles. The number of hydrogen-bond donors (Lipinski definition) is 0. The van der Waals surface area contributed by atoms with Gasteiger partial charge in [0.1, 0.15) is 23.8 Å². The highest BCUT2D eigenvalue weighted by molar-refractivity contribution is 6.26. The maximum Gasteiger partial charge on any atom is 0.147 e. The zero-order chi connectivity index (χ0) is 27.5. The SMILES string of the molecule is N#Cc1cc(C#N)c(-n2c3ccccc3c3c2ccc2c4ccccc4n(-c4cc(F)ccc4F)c23)c(C#N)c1. The van der Waals surface area contributed by atoms with Crippen LogP contribution in [0.4, 0.5) is 8.78 Å². The number of fused-ring (bicyclic) bond motifs is 7. The van der Waals surface area contributed by atoms with Crippen molar-refractivity contribution in [2.24, 2.45) is 0 Å². The first-order valence-corrected chi connectivity index (χ1v) is 12.3. The van der Waals surface area contributed by atoms with Gasteiger partial charge in [-0.1, -0.05) is 42.5 Å². The summed E-state index contributed by atoms with van der Waals surface area (Å²) in [4.78, 5) is 0. The Bertz CT molecular complexity index is 2300. The molecule has 7 heteroatoms. The number of nitrogens with zero attached hydrogens (tertiary/aromatic N) is 5. The third-order valence-electron chi connectivity index (χ3n) is 7.32. The summed E-state index contributed by atoms with van der Waals surface area (Å²) in [6, 6.07) is 31.6. The van der Waals surface area contributed by atoms with E-state index in [1.165, 1.54) is 18.2 Å². The Kier molecular flexibility index (Phi) is 4.94. The fourth-order valence-corrected chi connectivity index (χ4v) is 5.77. The molecule has 0 saturated heterocycles. The van der Waals surface area contributed by atoms with Crippen LogP contribution in [0.25, 0.3) is 55.0 Å². The first kappa shape index (κ1) is 23.2. The van der Waals surface area contributed by atoms with Gasteiger partial charge in [-0.2, -0.15) is 15.8 Å². The molecule has 0 atom stereocenters. The Morgan fingerprint density at radius 3 is 1.90 bits per heavy atom. The second-order valence-electron chi connectivity index (χ2n) is 9.41.